The minimum atomic E-state index is -1.07. The average Bonchev–Trinajstić information content (AvgIpc) is 2.42. The third-order valence-corrected chi connectivity index (χ3v) is 4.05. The zero-order chi connectivity index (χ0) is 15.8. The third-order valence-electron chi connectivity index (χ3n) is 2.67. The maximum absolute atomic E-state index is 12.9. The molecule has 1 unspecified atom stereocenters. The second kappa shape index (κ2) is 8.89. The van der Waals surface area contributed by atoms with Gasteiger partial charge in [-0.2, -0.15) is 11.8 Å². The zero-order valence-corrected chi connectivity index (χ0v) is 13.8. The molecular formula is C13H16BrFN2O3S. The Morgan fingerprint density at radius 1 is 1.48 bits per heavy atom. The Kier molecular flexibility index (Phi) is 7.52. The van der Waals surface area contributed by atoms with Crippen LogP contribution in [0.3, 0.4) is 0 Å². The van der Waals surface area contributed by atoms with Crippen molar-refractivity contribution in [2.75, 3.05) is 12.0 Å². The van der Waals surface area contributed by atoms with Crippen molar-refractivity contribution >= 4 is 39.7 Å². The van der Waals surface area contributed by atoms with Crippen LogP contribution in [-0.4, -0.2) is 35.2 Å². The first-order chi connectivity index (χ1) is 9.93. The molecule has 0 aliphatic carbocycles. The fraction of sp³-hybridized carbons (Fsp3) is 0.385. The van der Waals surface area contributed by atoms with Crippen LogP contribution in [0.15, 0.2) is 22.7 Å². The molecule has 1 rings (SSSR count). The Morgan fingerprint density at radius 2 is 2.19 bits per heavy atom. The summed E-state index contributed by atoms with van der Waals surface area (Å²) in [5.41, 5.74) is 0.697. The van der Waals surface area contributed by atoms with E-state index < -0.39 is 18.0 Å². The van der Waals surface area contributed by atoms with E-state index in [1.807, 2.05) is 6.26 Å². The number of carboxylic acid groups (broad SMARTS) is 1. The Labute approximate surface area is 134 Å². The van der Waals surface area contributed by atoms with Gasteiger partial charge in [-0.25, -0.2) is 14.0 Å². The first-order valence-electron chi connectivity index (χ1n) is 6.14. The Hall–Kier alpha value is -1.28. The number of carbonyl (C=O) groups excluding carboxylic acids is 1. The van der Waals surface area contributed by atoms with Crippen molar-refractivity contribution in [2.45, 2.75) is 19.0 Å². The van der Waals surface area contributed by atoms with Gasteiger partial charge in [0.25, 0.3) is 0 Å². The molecule has 3 N–H and O–H groups in total. The number of amides is 2. The molecule has 2 amide bonds. The number of carbonyl (C=O) groups is 2. The number of nitrogens with one attached hydrogen (secondary N) is 2. The maximum Gasteiger partial charge on any atom is 0.326 e. The number of halogens is 2. The van der Waals surface area contributed by atoms with Gasteiger partial charge in [0.2, 0.25) is 0 Å². The van der Waals surface area contributed by atoms with E-state index in [-0.39, 0.29) is 12.4 Å². The molecule has 5 nitrogen and oxygen atoms in total. The van der Waals surface area contributed by atoms with Crippen molar-refractivity contribution in [3.05, 3.63) is 34.1 Å². The average molecular weight is 379 g/mol. The van der Waals surface area contributed by atoms with Crippen LogP contribution < -0.4 is 10.6 Å². The molecule has 0 aliphatic rings. The standard InChI is InChI=1S/C13H16BrFN2O3S/c1-21-5-4-11(12(18)19)17-13(20)16-7-8-2-3-9(15)6-10(8)14/h2-3,6,11H,4-5,7H2,1H3,(H,18,19)(H2,16,17,20). The fourth-order valence-electron chi connectivity index (χ4n) is 1.54. The number of thioether (sulfide) groups is 1. The van der Waals surface area contributed by atoms with Crippen LogP contribution in [0.4, 0.5) is 9.18 Å². The number of hydrogen-bond donors (Lipinski definition) is 3. The summed E-state index contributed by atoms with van der Waals surface area (Å²) >= 11 is 4.71. The van der Waals surface area contributed by atoms with Gasteiger partial charge >= 0.3 is 12.0 Å². The summed E-state index contributed by atoms with van der Waals surface area (Å²) in [5.74, 6) is -0.805. The quantitative estimate of drug-likeness (QED) is 0.681. The van der Waals surface area contributed by atoms with Gasteiger partial charge < -0.3 is 15.7 Å². The summed E-state index contributed by atoms with van der Waals surface area (Å²) in [5, 5.41) is 14.0. The highest BCUT2D eigenvalue weighted by molar-refractivity contribution is 9.10. The number of carboxylic acids is 1. The first kappa shape index (κ1) is 17.8. The van der Waals surface area contributed by atoms with E-state index in [0.717, 1.165) is 0 Å². The Morgan fingerprint density at radius 3 is 2.76 bits per heavy atom. The molecule has 0 fully saturated rings. The van der Waals surface area contributed by atoms with Gasteiger partial charge in [-0.15, -0.1) is 0 Å². The molecule has 0 spiro atoms. The monoisotopic (exact) mass is 378 g/mol. The van der Waals surface area contributed by atoms with Gasteiger partial charge in [-0.1, -0.05) is 22.0 Å². The lowest BCUT2D eigenvalue weighted by molar-refractivity contribution is -0.139. The van der Waals surface area contributed by atoms with Crippen LogP contribution in [0, 0.1) is 5.82 Å². The van der Waals surface area contributed by atoms with Gasteiger partial charge in [0, 0.05) is 11.0 Å². The van der Waals surface area contributed by atoms with Gasteiger partial charge in [0.15, 0.2) is 0 Å². The summed E-state index contributed by atoms with van der Waals surface area (Å²) in [4.78, 5) is 22.7. The predicted molar refractivity (Wildman–Crippen MR) is 83.9 cm³/mol. The van der Waals surface area contributed by atoms with Crippen LogP contribution in [0.1, 0.15) is 12.0 Å². The fourth-order valence-corrected chi connectivity index (χ4v) is 2.51. The van der Waals surface area contributed by atoms with E-state index in [0.29, 0.717) is 22.2 Å². The van der Waals surface area contributed by atoms with E-state index >= 15 is 0 Å². The van der Waals surface area contributed by atoms with E-state index in [2.05, 4.69) is 26.6 Å². The molecule has 0 aromatic heterocycles. The molecule has 116 valence electrons. The highest BCUT2D eigenvalue weighted by Gasteiger charge is 2.19. The summed E-state index contributed by atoms with van der Waals surface area (Å²) in [6.07, 6.45) is 2.22. The van der Waals surface area contributed by atoms with Crippen LogP contribution in [0.2, 0.25) is 0 Å². The van der Waals surface area contributed by atoms with Crippen molar-refractivity contribution in [3.8, 4) is 0 Å². The smallest absolute Gasteiger partial charge is 0.326 e. The minimum absolute atomic E-state index is 0.168. The third kappa shape index (κ3) is 6.34. The van der Waals surface area contributed by atoms with Crippen molar-refractivity contribution in [2.24, 2.45) is 0 Å². The van der Waals surface area contributed by atoms with Gasteiger partial charge in [-0.05, 0) is 36.1 Å². The van der Waals surface area contributed by atoms with Crippen LogP contribution >= 0.6 is 27.7 Å². The lowest BCUT2D eigenvalue weighted by atomic mass is 10.2. The molecule has 21 heavy (non-hydrogen) atoms. The molecule has 0 radical (unpaired) electrons. The minimum Gasteiger partial charge on any atom is -0.480 e. The second-order valence-electron chi connectivity index (χ2n) is 4.24. The summed E-state index contributed by atoms with van der Waals surface area (Å²) in [6, 6.07) is 2.64. The normalized spacial score (nSPS) is 11.8. The maximum atomic E-state index is 12.9. The van der Waals surface area contributed by atoms with Gasteiger partial charge in [-0.3, -0.25) is 0 Å². The molecule has 1 aromatic carbocycles. The number of urea groups is 1. The Bertz CT molecular complexity index is 516. The molecule has 1 aromatic rings. The molecule has 0 aliphatic heterocycles. The number of aliphatic carboxylic acids is 1. The molecule has 1 atom stereocenters. The largest absolute Gasteiger partial charge is 0.480 e. The Balaban J connectivity index is 2.50. The molecule has 0 bridgehead atoms. The molecule has 0 heterocycles. The van der Waals surface area contributed by atoms with Crippen LogP contribution in [0.25, 0.3) is 0 Å². The van der Waals surface area contributed by atoms with Crippen molar-refractivity contribution < 1.29 is 19.1 Å². The summed E-state index contributed by atoms with van der Waals surface area (Å²) in [7, 11) is 0. The lowest BCUT2D eigenvalue weighted by Crippen LogP contribution is -2.46. The predicted octanol–water partition coefficient (Wildman–Crippen LogP) is 2.59. The van der Waals surface area contributed by atoms with Crippen LogP contribution in [0.5, 0.6) is 0 Å². The van der Waals surface area contributed by atoms with Crippen molar-refractivity contribution in [1.29, 1.82) is 0 Å². The molecular weight excluding hydrogens is 363 g/mol. The molecule has 0 saturated heterocycles. The summed E-state index contributed by atoms with van der Waals surface area (Å²) in [6.45, 7) is 0.168. The topological polar surface area (TPSA) is 78.4 Å². The van der Waals surface area contributed by atoms with Crippen LogP contribution in [-0.2, 0) is 11.3 Å². The van der Waals surface area contributed by atoms with Crippen molar-refractivity contribution in [3.63, 3.8) is 0 Å². The lowest BCUT2D eigenvalue weighted by Gasteiger charge is -2.15. The van der Waals surface area contributed by atoms with E-state index in [1.54, 1.807) is 6.07 Å². The number of rotatable bonds is 7. The van der Waals surface area contributed by atoms with Gasteiger partial charge in [0.1, 0.15) is 11.9 Å². The van der Waals surface area contributed by atoms with E-state index in [4.69, 9.17) is 5.11 Å². The second-order valence-corrected chi connectivity index (χ2v) is 6.07. The van der Waals surface area contributed by atoms with Gasteiger partial charge in [0.05, 0.1) is 0 Å². The van der Waals surface area contributed by atoms with E-state index in [9.17, 15) is 14.0 Å². The zero-order valence-electron chi connectivity index (χ0n) is 11.4. The molecule has 0 saturated carbocycles. The first-order valence-corrected chi connectivity index (χ1v) is 8.32. The number of benzene rings is 1. The highest BCUT2D eigenvalue weighted by atomic mass is 79.9. The SMILES string of the molecule is CSCCC(NC(=O)NCc1ccc(F)cc1Br)C(=O)O. The summed E-state index contributed by atoms with van der Waals surface area (Å²) < 4.78 is 13.5. The highest BCUT2D eigenvalue weighted by Crippen LogP contribution is 2.17. The molecule has 8 heteroatoms. The number of hydrogen-bond acceptors (Lipinski definition) is 3. The van der Waals surface area contributed by atoms with E-state index in [1.165, 1.54) is 23.9 Å². The van der Waals surface area contributed by atoms with Crippen molar-refractivity contribution in [1.82, 2.24) is 10.6 Å².